The van der Waals surface area contributed by atoms with Gasteiger partial charge in [-0.3, -0.25) is 0 Å². The summed E-state index contributed by atoms with van der Waals surface area (Å²) in [5.41, 5.74) is 1.12. The van der Waals surface area contributed by atoms with Crippen LogP contribution in [0.5, 0.6) is 0 Å². The Balaban J connectivity index is 1.87. The summed E-state index contributed by atoms with van der Waals surface area (Å²) in [5.74, 6) is 0. The van der Waals surface area contributed by atoms with E-state index in [1.54, 1.807) is 0 Å². The van der Waals surface area contributed by atoms with Gasteiger partial charge in [0.1, 0.15) is 0 Å². The summed E-state index contributed by atoms with van der Waals surface area (Å²) in [6, 6.07) is 10.1. The molecular weight excluding hydrogens is 188 g/mol. The lowest BCUT2D eigenvalue weighted by Crippen LogP contribution is -2.09. The van der Waals surface area contributed by atoms with Crippen LogP contribution in [0.3, 0.4) is 0 Å². The fraction of sp³-hybridized carbons (Fsp3) is 0.538. The third-order valence-corrected chi connectivity index (χ3v) is 2.70. The maximum Gasteiger partial charge on any atom is 0.184 e. The Kier molecular flexibility index (Phi) is 3.75. The second kappa shape index (κ2) is 5.29. The van der Waals surface area contributed by atoms with Crippen molar-refractivity contribution in [1.29, 1.82) is 0 Å². The van der Waals surface area contributed by atoms with E-state index >= 15 is 0 Å². The zero-order chi connectivity index (χ0) is 10.5. The van der Waals surface area contributed by atoms with E-state index in [1.807, 2.05) is 30.3 Å². The molecule has 0 aromatic heterocycles. The first-order valence-corrected chi connectivity index (χ1v) is 5.72. The van der Waals surface area contributed by atoms with Gasteiger partial charge < -0.3 is 9.47 Å². The predicted octanol–water partition coefficient (Wildman–Crippen LogP) is 3.29. The van der Waals surface area contributed by atoms with Crippen LogP contribution in [0.2, 0.25) is 0 Å². The summed E-state index contributed by atoms with van der Waals surface area (Å²) in [6.07, 6.45) is 3.69. The largest absolute Gasteiger partial charge is 0.346 e. The number of ether oxygens (including phenoxy) is 2. The quantitative estimate of drug-likeness (QED) is 0.752. The molecule has 0 radical (unpaired) electrons. The lowest BCUT2D eigenvalue weighted by molar-refractivity contribution is -0.0613. The molecule has 0 bridgehead atoms. The Morgan fingerprint density at radius 1 is 1.27 bits per heavy atom. The van der Waals surface area contributed by atoms with Crippen molar-refractivity contribution in [2.45, 2.75) is 38.6 Å². The molecule has 0 saturated carbocycles. The van der Waals surface area contributed by atoms with Crippen molar-refractivity contribution in [3.05, 3.63) is 35.9 Å². The van der Waals surface area contributed by atoms with E-state index < -0.39 is 0 Å². The van der Waals surface area contributed by atoms with Gasteiger partial charge in [0, 0.05) is 5.56 Å². The molecule has 2 nitrogen and oxygen atoms in total. The normalized spacial score (nSPS) is 25.7. The van der Waals surface area contributed by atoms with Gasteiger partial charge in [0.15, 0.2) is 6.29 Å². The Bertz CT molecular complexity index is 284. The molecule has 1 aliphatic heterocycles. The molecule has 2 atom stereocenters. The highest BCUT2D eigenvalue weighted by Gasteiger charge is 2.26. The fourth-order valence-electron chi connectivity index (χ4n) is 1.82. The maximum absolute atomic E-state index is 5.83. The van der Waals surface area contributed by atoms with Gasteiger partial charge in [0.2, 0.25) is 0 Å². The second-order valence-electron chi connectivity index (χ2n) is 3.98. The van der Waals surface area contributed by atoms with E-state index in [1.165, 1.54) is 12.8 Å². The Morgan fingerprint density at radius 2 is 2.07 bits per heavy atom. The highest BCUT2D eigenvalue weighted by atomic mass is 16.7. The van der Waals surface area contributed by atoms with Crippen LogP contribution in [0.15, 0.2) is 30.3 Å². The van der Waals surface area contributed by atoms with Crippen LogP contribution in [-0.2, 0) is 9.47 Å². The minimum Gasteiger partial charge on any atom is -0.346 e. The van der Waals surface area contributed by atoms with Crippen LogP contribution in [0.25, 0.3) is 0 Å². The van der Waals surface area contributed by atoms with Crippen LogP contribution < -0.4 is 0 Å². The number of unbranched alkanes of at least 4 members (excludes halogenated alkanes) is 1. The molecule has 2 rings (SSSR count). The maximum atomic E-state index is 5.83. The number of benzene rings is 1. The van der Waals surface area contributed by atoms with E-state index in [9.17, 15) is 0 Å². The first-order valence-electron chi connectivity index (χ1n) is 5.72. The standard InChI is InChI=1S/C13H18O2/c1-2-3-9-12-10-14-13(15-12)11-7-5-4-6-8-11/h4-8,12-13H,2-3,9-10H2,1H3. The highest BCUT2D eigenvalue weighted by molar-refractivity contribution is 5.16. The molecule has 1 heterocycles. The van der Waals surface area contributed by atoms with Crippen LogP contribution in [0.4, 0.5) is 0 Å². The Hall–Kier alpha value is -0.860. The molecule has 1 aliphatic rings. The molecule has 1 aromatic rings. The van der Waals surface area contributed by atoms with Crippen molar-refractivity contribution in [2.24, 2.45) is 0 Å². The van der Waals surface area contributed by atoms with E-state index in [4.69, 9.17) is 9.47 Å². The minimum atomic E-state index is -0.145. The smallest absolute Gasteiger partial charge is 0.184 e. The van der Waals surface area contributed by atoms with Gasteiger partial charge in [-0.2, -0.15) is 0 Å². The van der Waals surface area contributed by atoms with Crippen molar-refractivity contribution in [1.82, 2.24) is 0 Å². The molecule has 2 unspecified atom stereocenters. The summed E-state index contributed by atoms with van der Waals surface area (Å²) in [6.45, 7) is 2.93. The summed E-state index contributed by atoms with van der Waals surface area (Å²) < 4.78 is 11.5. The third kappa shape index (κ3) is 2.80. The van der Waals surface area contributed by atoms with Crippen LogP contribution in [0.1, 0.15) is 38.0 Å². The first kappa shape index (κ1) is 10.7. The SMILES string of the molecule is CCCCC1COC(c2ccccc2)O1. The fourth-order valence-corrected chi connectivity index (χ4v) is 1.82. The van der Waals surface area contributed by atoms with E-state index in [0.717, 1.165) is 18.6 Å². The third-order valence-electron chi connectivity index (χ3n) is 2.70. The molecular formula is C13H18O2. The van der Waals surface area contributed by atoms with Crippen molar-refractivity contribution in [3.8, 4) is 0 Å². The molecule has 1 aromatic carbocycles. The van der Waals surface area contributed by atoms with Crippen molar-refractivity contribution in [2.75, 3.05) is 6.61 Å². The average Bonchev–Trinajstić information content (AvgIpc) is 2.76. The van der Waals surface area contributed by atoms with Crippen molar-refractivity contribution in [3.63, 3.8) is 0 Å². The highest BCUT2D eigenvalue weighted by Crippen LogP contribution is 2.28. The zero-order valence-electron chi connectivity index (χ0n) is 9.19. The lowest BCUT2D eigenvalue weighted by Gasteiger charge is -2.11. The Labute approximate surface area is 91.2 Å². The van der Waals surface area contributed by atoms with Gasteiger partial charge in [0.05, 0.1) is 12.7 Å². The number of hydrogen-bond acceptors (Lipinski definition) is 2. The van der Waals surface area contributed by atoms with Gasteiger partial charge in [-0.15, -0.1) is 0 Å². The van der Waals surface area contributed by atoms with Gasteiger partial charge in [-0.05, 0) is 6.42 Å². The van der Waals surface area contributed by atoms with E-state index in [2.05, 4.69) is 6.92 Å². The van der Waals surface area contributed by atoms with Gasteiger partial charge in [-0.1, -0.05) is 50.1 Å². The average molecular weight is 206 g/mol. The predicted molar refractivity (Wildman–Crippen MR) is 59.5 cm³/mol. The van der Waals surface area contributed by atoms with Gasteiger partial charge in [-0.25, -0.2) is 0 Å². The van der Waals surface area contributed by atoms with Gasteiger partial charge in [0.25, 0.3) is 0 Å². The minimum absolute atomic E-state index is 0.145. The number of hydrogen-bond donors (Lipinski definition) is 0. The molecule has 1 saturated heterocycles. The van der Waals surface area contributed by atoms with Crippen molar-refractivity contribution >= 4 is 0 Å². The van der Waals surface area contributed by atoms with Gasteiger partial charge >= 0.3 is 0 Å². The Morgan fingerprint density at radius 3 is 2.80 bits per heavy atom. The zero-order valence-corrected chi connectivity index (χ0v) is 9.19. The molecule has 1 fully saturated rings. The molecule has 2 heteroatoms. The molecule has 82 valence electrons. The van der Waals surface area contributed by atoms with Crippen LogP contribution in [-0.4, -0.2) is 12.7 Å². The van der Waals surface area contributed by atoms with E-state index in [0.29, 0.717) is 0 Å². The number of rotatable bonds is 4. The second-order valence-corrected chi connectivity index (χ2v) is 3.98. The summed E-state index contributed by atoms with van der Waals surface area (Å²) in [4.78, 5) is 0. The molecule has 0 N–H and O–H groups in total. The molecule has 0 aliphatic carbocycles. The lowest BCUT2D eigenvalue weighted by atomic mass is 10.2. The monoisotopic (exact) mass is 206 g/mol. The van der Waals surface area contributed by atoms with E-state index in [-0.39, 0.29) is 12.4 Å². The van der Waals surface area contributed by atoms with Crippen LogP contribution in [0, 0.1) is 0 Å². The first-order chi connectivity index (χ1) is 7.40. The molecule has 0 spiro atoms. The summed E-state index contributed by atoms with van der Waals surface area (Å²) in [5, 5.41) is 0. The van der Waals surface area contributed by atoms with Crippen LogP contribution >= 0.6 is 0 Å². The van der Waals surface area contributed by atoms with Crippen molar-refractivity contribution < 1.29 is 9.47 Å². The molecule has 0 amide bonds. The summed E-state index contributed by atoms with van der Waals surface area (Å²) >= 11 is 0. The summed E-state index contributed by atoms with van der Waals surface area (Å²) in [7, 11) is 0. The molecule has 15 heavy (non-hydrogen) atoms. The topological polar surface area (TPSA) is 18.5 Å².